The van der Waals surface area contributed by atoms with E-state index in [1.54, 1.807) is 0 Å². The Hall–Kier alpha value is -2.03. The largest absolute Gasteiger partial charge is 0.372 e. The molecule has 0 spiro atoms. The molecule has 0 heterocycles. The van der Waals surface area contributed by atoms with E-state index >= 15 is 0 Å². The first kappa shape index (κ1) is 21.0. The Morgan fingerprint density at radius 1 is 1.22 bits per heavy atom. The van der Waals surface area contributed by atoms with Crippen molar-refractivity contribution in [2.75, 3.05) is 7.05 Å². The SMILES string of the molecule is C=CCC(C(C)/N=C/C=C\C)N(C)/C(C)=C\N/C(C)=C/C=C\C. The van der Waals surface area contributed by atoms with Crippen LogP contribution in [-0.4, -0.2) is 30.2 Å². The number of hydrogen-bond donors (Lipinski definition) is 1. The van der Waals surface area contributed by atoms with E-state index in [9.17, 15) is 0 Å². The summed E-state index contributed by atoms with van der Waals surface area (Å²) in [4.78, 5) is 6.86. The molecule has 0 bridgehead atoms. The first-order valence-corrected chi connectivity index (χ1v) is 8.18. The smallest absolute Gasteiger partial charge is 0.0677 e. The Kier molecular flexibility index (Phi) is 11.4. The minimum absolute atomic E-state index is 0.192. The maximum atomic E-state index is 4.60. The highest BCUT2D eigenvalue weighted by molar-refractivity contribution is 5.71. The van der Waals surface area contributed by atoms with Crippen molar-refractivity contribution < 1.29 is 0 Å². The minimum Gasteiger partial charge on any atom is -0.372 e. The van der Waals surface area contributed by atoms with Gasteiger partial charge in [0, 0.05) is 30.9 Å². The summed E-state index contributed by atoms with van der Waals surface area (Å²) in [6.45, 7) is 14.2. The molecule has 0 saturated carbocycles. The highest BCUT2D eigenvalue weighted by atomic mass is 15.2. The normalized spacial score (nSPS) is 16.3. The summed E-state index contributed by atoms with van der Waals surface area (Å²) in [6.07, 6.45) is 16.8. The third-order valence-corrected chi connectivity index (χ3v) is 3.67. The highest BCUT2D eigenvalue weighted by Gasteiger charge is 2.19. The van der Waals surface area contributed by atoms with Crippen molar-refractivity contribution in [1.29, 1.82) is 0 Å². The number of likely N-dealkylation sites (N-methyl/N-ethyl adjacent to an activating group) is 1. The zero-order valence-electron chi connectivity index (χ0n) is 15.6. The lowest BCUT2D eigenvalue weighted by Crippen LogP contribution is -2.38. The molecular formula is C20H33N3. The Bertz CT molecular complexity index is 481. The number of rotatable bonds is 10. The summed E-state index contributed by atoms with van der Waals surface area (Å²) < 4.78 is 0. The topological polar surface area (TPSA) is 27.6 Å². The van der Waals surface area contributed by atoms with Crippen LogP contribution in [0.15, 0.2) is 65.6 Å². The van der Waals surface area contributed by atoms with Crippen molar-refractivity contribution in [1.82, 2.24) is 10.2 Å². The average Bonchev–Trinajstić information content (AvgIpc) is 2.54. The molecule has 2 unspecified atom stereocenters. The van der Waals surface area contributed by atoms with Gasteiger partial charge in [-0.25, -0.2) is 0 Å². The average molecular weight is 316 g/mol. The van der Waals surface area contributed by atoms with Crippen molar-refractivity contribution in [3.8, 4) is 0 Å². The van der Waals surface area contributed by atoms with Crippen molar-refractivity contribution in [2.24, 2.45) is 4.99 Å². The predicted octanol–water partition coefficient (Wildman–Crippen LogP) is 4.83. The number of nitrogens with zero attached hydrogens (tertiary/aromatic N) is 2. The summed E-state index contributed by atoms with van der Waals surface area (Å²) in [5.41, 5.74) is 2.27. The van der Waals surface area contributed by atoms with Gasteiger partial charge >= 0.3 is 0 Å². The van der Waals surface area contributed by atoms with Crippen LogP contribution in [0.25, 0.3) is 0 Å². The van der Waals surface area contributed by atoms with Crippen molar-refractivity contribution in [3.05, 3.63) is 60.6 Å². The van der Waals surface area contributed by atoms with Crippen LogP contribution >= 0.6 is 0 Å². The van der Waals surface area contributed by atoms with Crippen LogP contribution in [0.1, 0.15) is 41.0 Å². The number of nitrogens with one attached hydrogen (secondary N) is 1. The number of aliphatic imine (C=N–C) groups is 1. The molecule has 3 nitrogen and oxygen atoms in total. The molecule has 128 valence electrons. The Balaban J connectivity index is 4.99. The van der Waals surface area contributed by atoms with E-state index in [1.807, 2.05) is 56.6 Å². The molecule has 0 amide bonds. The quantitative estimate of drug-likeness (QED) is 0.355. The van der Waals surface area contributed by atoms with E-state index in [4.69, 9.17) is 0 Å². The van der Waals surface area contributed by atoms with Crippen LogP contribution in [-0.2, 0) is 0 Å². The van der Waals surface area contributed by atoms with Gasteiger partial charge in [-0.15, -0.1) is 6.58 Å². The molecule has 0 saturated heterocycles. The van der Waals surface area contributed by atoms with Gasteiger partial charge in [0.25, 0.3) is 0 Å². The van der Waals surface area contributed by atoms with Gasteiger partial charge in [-0.05, 0) is 53.2 Å². The van der Waals surface area contributed by atoms with Crippen LogP contribution < -0.4 is 5.32 Å². The molecule has 0 aromatic carbocycles. The molecule has 0 aliphatic heterocycles. The van der Waals surface area contributed by atoms with Gasteiger partial charge < -0.3 is 10.2 Å². The predicted molar refractivity (Wildman–Crippen MR) is 105 cm³/mol. The molecule has 23 heavy (non-hydrogen) atoms. The molecular weight excluding hydrogens is 282 g/mol. The van der Waals surface area contributed by atoms with E-state index < -0.39 is 0 Å². The summed E-state index contributed by atoms with van der Waals surface area (Å²) in [7, 11) is 2.11. The molecule has 0 aromatic rings. The number of hydrogen-bond acceptors (Lipinski definition) is 3. The third-order valence-electron chi connectivity index (χ3n) is 3.67. The van der Waals surface area contributed by atoms with Crippen molar-refractivity contribution >= 4 is 6.21 Å². The fraction of sp³-hybridized carbons (Fsp3) is 0.450. The van der Waals surface area contributed by atoms with Crippen molar-refractivity contribution in [2.45, 2.75) is 53.1 Å². The molecule has 0 aliphatic rings. The molecule has 0 rings (SSSR count). The Labute approximate surface area is 142 Å². The van der Waals surface area contributed by atoms with Gasteiger partial charge in [0.05, 0.1) is 12.1 Å². The highest BCUT2D eigenvalue weighted by Crippen LogP contribution is 2.15. The van der Waals surface area contributed by atoms with Crippen LogP contribution in [0, 0.1) is 0 Å². The zero-order chi connectivity index (χ0) is 17.7. The molecule has 3 heteroatoms. The zero-order valence-corrected chi connectivity index (χ0v) is 15.6. The first-order chi connectivity index (χ1) is 11.0. The van der Waals surface area contributed by atoms with Crippen LogP contribution in [0.4, 0.5) is 0 Å². The summed E-state index contributed by atoms with van der Waals surface area (Å²) >= 11 is 0. The second kappa shape index (κ2) is 12.5. The van der Waals surface area contributed by atoms with Gasteiger partial charge in [-0.3, -0.25) is 4.99 Å². The summed E-state index contributed by atoms with van der Waals surface area (Å²) in [5, 5.41) is 3.32. The van der Waals surface area contributed by atoms with Gasteiger partial charge in [-0.2, -0.15) is 0 Å². The van der Waals surface area contributed by atoms with Crippen molar-refractivity contribution in [3.63, 3.8) is 0 Å². The van der Waals surface area contributed by atoms with E-state index in [1.165, 1.54) is 0 Å². The van der Waals surface area contributed by atoms with Gasteiger partial charge in [-0.1, -0.05) is 24.3 Å². The van der Waals surface area contributed by atoms with E-state index in [-0.39, 0.29) is 12.1 Å². The molecule has 0 aromatic heterocycles. The molecule has 0 fully saturated rings. The van der Waals surface area contributed by atoms with Crippen LogP contribution in [0.3, 0.4) is 0 Å². The first-order valence-electron chi connectivity index (χ1n) is 8.18. The summed E-state index contributed by atoms with van der Waals surface area (Å²) in [5.74, 6) is 0. The standard InChI is InChI=1S/C20H33N3/c1-8-11-14-17(4)22-16-18(5)23(7)20(13-10-3)19(6)21-15-12-9-2/h8-12,14-16,19-20,22H,3,13H2,1-2,4-7H3/b11-8-,12-9-,17-14+,18-16-,21-15+. The van der Waals surface area contributed by atoms with E-state index in [2.05, 4.69) is 55.7 Å². The maximum Gasteiger partial charge on any atom is 0.0677 e. The van der Waals surface area contributed by atoms with Gasteiger partial charge in [0.2, 0.25) is 0 Å². The van der Waals surface area contributed by atoms with Crippen LogP contribution in [0.2, 0.25) is 0 Å². The molecule has 0 aliphatic carbocycles. The lowest BCUT2D eigenvalue weighted by molar-refractivity contribution is 0.272. The second-order valence-electron chi connectivity index (χ2n) is 5.57. The minimum atomic E-state index is 0.192. The van der Waals surface area contributed by atoms with E-state index in [0.29, 0.717) is 0 Å². The van der Waals surface area contributed by atoms with Crippen LogP contribution in [0.5, 0.6) is 0 Å². The maximum absolute atomic E-state index is 4.60. The fourth-order valence-electron chi connectivity index (χ4n) is 2.09. The lowest BCUT2D eigenvalue weighted by Gasteiger charge is -2.32. The second-order valence-corrected chi connectivity index (χ2v) is 5.57. The number of allylic oxidation sites excluding steroid dienone is 7. The van der Waals surface area contributed by atoms with E-state index in [0.717, 1.165) is 17.8 Å². The van der Waals surface area contributed by atoms with Gasteiger partial charge in [0.1, 0.15) is 0 Å². The molecule has 1 N–H and O–H groups in total. The van der Waals surface area contributed by atoms with Gasteiger partial charge in [0.15, 0.2) is 0 Å². The Morgan fingerprint density at radius 3 is 2.43 bits per heavy atom. The Morgan fingerprint density at radius 2 is 1.87 bits per heavy atom. The third kappa shape index (κ3) is 8.87. The summed E-state index contributed by atoms with van der Waals surface area (Å²) in [6, 6.07) is 0.476. The molecule has 2 atom stereocenters. The lowest BCUT2D eigenvalue weighted by atomic mass is 10.0. The molecule has 0 radical (unpaired) electrons. The monoisotopic (exact) mass is 315 g/mol. The fourth-order valence-corrected chi connectivity index (χ4v) is 2.09.